The third-order valence-corrected chi connectivity index (χ3v) is 4.81. The molecule has 6 nitrogen and oxygen atoms in total. The summed E-state index contributed by atoms with van der Waals surface area (Å²) in [6.07, 6.45) is 3.58. The molecule has 3 heterocycles. The van der Waals surface area contributed by atoms with E-state index in [1.165, 1.54) is 0 Å². The van der Waals surface area contributed by atoms with Crippen LogP contribution in [0.1, 0.15) is 12.2 Å². The molecule has 0 aromatic carbocycles. The number of aliphatic imine (C=N–C) groups is 1. The number of nitrogens with one attached hydrogen (secondary N) is 2. The lowest BCUT2D eigenvalue weighted by molar-refractivity contribution is 0.485. The largest absolute Gasteiger partial charge is 0.454 e. The van der Waals surface area contributed by atoms with Crippen molar-refractivity contribution in [3.8, 4) is 0 Å². The van der Waals surface area contributed by atoms with Crippen molar-refractivity contribution in [2.75, 3.05) is 31.6 Å². The lowest BCUT2D eigenvalue weighted by atomic mass is 10.3. The van der Waals surface area contributed by atoms with E-state index in [4.69, 9.17) is 16.0 Å². The van der Waals surface area contributed by atoms with E-state index in [1.807, 2.05) is 24.3 Å². The minimum absolute atomic E-state index is 0.307. The summed E-state index contributed by atoms with van der Waals surface area (Å²) in [5.41, 5.74) is 0. The summed E-state index contributed by atoms with van der Waals surface area (Å²) in [6.45, 7) is 2.52. The van der Waals surface area contributed by atoms with Gasteiger partial charge in [-0.25, -0.2) is 4.98 Å². The molecule has 2 N–H and O–H groups in total. The second kappa shape index (κ2) is 8.58. The lowest BCUT2D eigenvalue weighted by Gasteiger charge is -2.20. The van der Waals surface area contributed by atoms with Crippen molar-refractivity contribution in [3.63, 3.8) is 0 Å². The topological polar surface area (TPSA) is 65.7 Å². The van der Waals surface area contributed by atoms with Gasteiger partial charge in [-0.2, -0.15) is 0 Å². The highest BCUT2D eigenvalue weighted by atomic mass is 79.9. The van der Waals surface area contributed by atoms with Crippen LogP contribution in [0.2, 0.25) is 5.02 Å². The molecule has 134 valence electrons. The van der Waals surface area contributed by atoms with Gasteiger partial charge in [0.15, 0.2) is 10.6 Å². The van der Waals surface area contributed by atoms with Crippen molar-refractivity contribution >= 4 is 39.3 Å². The van der Waals surface area contributed by atoms with Crippen molar-refractivity contribution in [2.24, 2.45) is 4.99 Å². The highest BCUT2D eigenvalue weighted by Gasteiger charge is 2.25. The molecule has 25 heavy (non-hydrogen) atoms. The van der Waals surface area contributed by atoms with Crippen LogP contribution in [0.3, 0.4) is 0 Å². The number of hydrogen-bond acceptors (Lipinski definition) is 4. The molecule has 1 saturated heterocycles. The lowest BCUT2D eigenvalue weighted by Crippen LogP contribution is -2.45. The maximum absolute atomic E-state index is 6.24. The predicted molar refractivity (Wildman–Crippen MR) is 104 cm³/mol. The fourth-order valence-corrected chi connectivity index (χ4v) is 3.44. The summed E-state index contributed by atoms with van der Waals surface area (Å²) >= 11 is 9.55. The van der Waals surface area contributed by atoms with Gasteiger partial charge in [0, 0.05) is 45.3 Å². The van der Waals surface area contributed by atoms with Crippen molar-refractivity contribution < 1.29 is 4.42 Å². The number of furan rings is 1. The zero-order valence-corrected chi connectivity index (χ0v) is 16.3. The van der Waals surface area contributed by atoms with Gasteiger partial charge in [-0.1, -0.05) is 11.6 Å². The minimum Gasteiger partial charge on any atom is -0.454 e. The van der Waals surface area contributed by atoms with E-state index in [0.717, 1.165) is 54.7 Å². The van der Waals surface area contributed by atoms with Gasteiger partial charge >= 0.3 is 0 Å². The van der Waals surface area contributed by atoms with Crippen molar-refractivity contribution in [2.45, 2.75) is 18.9 Å². The van der Waals surface area contributed by atoms with Crippen LogP contribution in [0.15, 0.2) is 44.5 Å². The monoisotopic (exact) mass is 425 g/mol. The number of halogens is 2. The highest BCUT2D eigenvalue weighted by molar-refractivity contribution is 9.10. The summed E-state index contributed by atoms with van der Waals surface area (Å²) in [5, 5.41) is 7.48. The van der Waals surface area contributed by atoms with E-state index < -0.39 is 0 Å². The first-order valence-corrected chi connectivity index (χ1v) is 9.39. The molecular formula is C17H21BrClN5O. The molecule has 0 radical (unpaired) electrons. The molecule has 1 atom stereocenters. The first-order chi connectivity index (χ1) is 12.2. The van der Waals surface area contributed by atoms with Crippen molar-refractivity contribution in [1.82, 2.24) is 15.6 Å². The zero-order valence-electron chi connectivity index (χ0n) is 14.0. The Morgan fingerprint density at radius 2 is 2.36 bits per heavy atom. The molecule has 0 spiro atoms. The molecule has 0 aliphatic carbocycles. The Kier molecular flexibility index (Phi) is 6.20. The molecule has 2 aromatic heterocycles. The van der Waals surface area contributed by atoms with Crippen LogP contribution in [0, 0.1) is 0 Å². The normalized spacial score (nSPS) is 17.8. The molecule has 0 saturated carbocycles. The second-order valence-corrected chi connectivity index (χ2v) is 7.03. The molecule has 2 aromatic rings. The molecule has 0 amide bonds. The van der Waals surface area contributed by atoms with E-state index in [0.29, 0.717) is 11.1 Å². The maximum atomic E-state index is 6.24. The Morgan fingerprint density at radius 1 is 1.48 bits per heavy atom. The number of rotatable bonds is 5. The zero-order chi connectivity index (χ0) is 17.6. The Balaban J connectivity index is 1.47. The van der Waals surface area contributed by atoms with Crippen molar-refractivity contribution in [1.29, 1.82) is 0 Å². The Morgan fingerprint density at radius 3 is 3.08 bits per heavy atom. The van der Waals surface area contributed by atoms with Crippen LogP contribution in [-0.4, -0.2) is 43.7 Å². The van der Waals surface area contributed by atoms with Gasteiger partial charge in [0.1, 0.15) is 11.6 Å². The molecule has 8 heteroatoms. The molecule has 1 aliphatic rings. The number of hydrogen-bond donors (Lipinski definition) is 2. The Bertz CT molecular complexity index is 735. The SMILES string of the molecule is CN=C(NCCc1ccc(Br)o1)NC1CCN(c2ncccc2Cl)C1. The molecule has 0 bridgehead atoms. The van der Waals surface area contributed by atoms with Crippen LogP contribution < -0.4 is 15.5 Å². The standard InChI is InChI=1S/C17H21BrClN5O/c1-20-17(22-9-6-13-4-5-15(18)25-13)23-12-7-10-24(11-12)16-14(19)3-2-8-21-16/h2-5,8,12H,6-7,9-11H2,1H3,(H2,20,22,23). The van der Waals surface area contributed by atoms with Gasteiger partial charge in [-0.15, -0.1) is 0 Å². The number of pyridine rings is 1. The maximum Gasteiger partial charge on any atom is 0.191 e. The molecule has 1 unspecified atom stereocenters. The fraction of sp³-hybridized carbons (Fsp3) is 0.412. The number of guanidine groups is 1. The van der Waals surface area contributed by atoms with E-state index >= 15 is 0 Å². The van der Waals surface area contributed by atoms with Crippen molar-refractivity contribution in [3.05, 3.63) is 45.9 Å². The number of aromatic nitrogens is 1. The smallest absolute Gasteiger partial charge is 0.191 e. The fourth-order valence-electron chi connectivity index (χ4n) is 2.86. The summed E-state index contributed by atoms with van der Waals surface area (Å²) in [4.78, 5) is 10.9. The molecule has 1 fully saturated rings. The average molecular weight is 427 g/mol. The van der Waals surface area contributed by atoms with Crippen LogP contribution in [0.25, 0.3) is 0 Å². The van der Waals surface area contributed by atoms with Gasteiger partial charge in [-0.3, -0.25) is 4.99 Å². The van der Waals surface area contributed by atoms with Gasteiger partial charge in [-0.05, 0) is 46.6 Å². The third kappa shape index (κ3) is 4.89. The third-order valence-electron chi connectivity index (χ3n) is 4.08. The van der Waals surface area contributed by atoms with E-state index in [9.17, 15) is 0 Å². The predicted octanol–water partition coefficient (Wildman–Crippen LogP) is 3.08. The summed E-state index contributed by atoms with van der Waals surface area (Å²) in [6, 6.07) is 7.90. The number of nitrogens with zero attached hydrogens (tertiary/aromatic N) is 3. The van der Waals surface area contributed by atoms with E-state index in [2.05, 4.69) is 41.4 Å². The Hall–Kier alpha value is -1.73. The average Bonchev–Trinajstić information content (AvgIpc) is 3.23. The van der Waals surface area contributed by atoms with Crippen LogP contribution >= 0.6 is 27.5 Å². The van der Waals surface area contributed by atoms with E-state index in [1.54, 1.807) is 13.2 Å². The summed E-state index contributed by atoms with van der Waals surface area (Å²) < 4.78 is 6.25. The molecule has 1 aliphatic heterocycles. The van der Waals surface area contributed by atoms with Crippen LogP contribution in [-0.2, 0) is 6.42 Å². The quantitative estimate of drug-likeness (QED) is 0.568. The van der Waals surface area contributed by atoms with Gasteiger partial charge in [0.25, 0.3) is 0 Å². The van der Waals surface area contributed by atoms with Crippen LogP contribution in [0.4, 0.5) is 5.82 Å². The minimum atomic E-state index is 0.307. The van der Waals surface area contributed by atoms with Gasteiger partial charge in [0.2, 0.25) is 0 Å². The Labute approximate surface area is 160 Å². The summed E-state index contributed by atoms with van der Waals surface area (Å²) in [7, 11) is 1.78. The highest BCUT2D eigenvalue weighted by Crippen LogP contribution is 2.25. The summed E-state index contributed by atoms with van der Waals surface area (Å²) in [5.74, 6) is 2.58. The number of anilines is 1. The molecule has 3 rings (SSSR count). The van der Waals surface area contributed by atoms with Gasteiger partial charge in [0.05, 0.1) is 5.02 Å². The van der Waals surface area contributed by atoms with Crippen LogP contribution in [0.5, 0.6) is 0 Å². The van der Waals surface area contributed by atoms with E-state index in [-0.39, 0.29) is 0 Å². The second-order valence-electron chi connectivity index (χ2n) is 5.84. The first-order valence-electron chi connectivity index (χ1n) is 8.22. The molecular weight excluding hydrogens is 406 g/mol. The van der Waals surface area contributed by atoms with Gasteiger partial charge < -0.3 is 20.0 Å². The first kappa shape index (κ1) is 18.1.